The molecule has 3 aromatic rings. The first-order valence-electron chi connectivity index (χ1n) is 5.90. The fourth-order valence-electron chi connectivity index (χ4n) is 1.85. The Balaban J connectivity index is 2.01. The van der Waals surface area contributed by atoms with Crippen molar-refractivity contribution < 1.29 is 4.39 Å². The van der Waals surface area contributed by atoms with Gasteiger partial charge in [0.25, 0.3) is 0 Å². The number of anilines is 1. The van der Waals surface area contributed by atoms with Crippen LogP contribution in [-0.4, -0.2) is 4.98 Å². The lowest BCUT2D eigenvalue weighted by Crippen LogP contribution is -1.86. The Labute approximate surface area is 128 Å². The lowest BCUT2D eigenvalue weighted by molar-refractivity contribution is 0.631. The van der Waals surface area contributed by atoms with Gasteiger partial charge in [0.05, 0.1) is 5.69 Å². The summed E-state index contributed by atoms with van der Waals surface area (Å²) in [4.78, 5) is 4.50. The fraction of sp³-hybridized carbons (Fsp3) is 0. The highest BCUT2D eigenvalue weighted by Gasteiger charge is 2.11. The maximum atomic E-state index is 13.8. The van der Waals surface area contributed by atoms with Gasteiger partial charge in [-0.3, -0.25) is 0 Å². The normalized spacial score (nSPS) is 10.7. The Kier molecular flexibility index (Phi) is 3.54. The fourth-order valence-corrected chi connectivity index (χ4v) is 3.05. The number of thiazole rings is 1. The van der Waals surface area contributed by atoms with E-state index in [4.69, 9.17) is 5.73 Å². The largest absolute Gasteiger partial charge is 0.399 e. The van der Waals surface area contributed by atoms with E-state index in [1.807, 2.05) is 29.6 Å². The van der Waals surface area contributed by atoms with Gasteiger partial charge in [0, 0.05) is 26.7 Å². The average molecular weight is 349 g/mol. The zero-order valence-corrected chi connectivity index (χ0v) is 12.7. The van der Waals surface area contributed by atoms with Crippen LogP contribution in [0, 0.1) is 5.82 Å². The molecule has 0 radical (unpaired) electrons. The molecule has 0 unspecified atom stereocenters. The van der Waals surface area contributed by atoms with E-state index in [1.54, 1.807) is 12.1 Å². The van der Waals surface area contributed by atoms with Gasteiger partial charge >= 0.3 is 0 Å². The van der Waals surface area contributed by atoms with Crippen molar-refractivity contribution in [3.8, 4) is 21.8 Å². The predicted octanol–water partition coefficient (Wildman–Crippen LogP) is 4.96. The van der Waals surface area contributed by atoms with E-state index in [9.17, 15) is 4.39 Å². The second-order valence-corrected chi connectivity index (χ2v) is 6.06. The summed E-state index contributed by atoms with van der Waals surface area (Å²) in [6.07, 6.45) is 0. The number of aromatic nitrogens is 1. The predicted molar refractivity (Wildman–Crippen MR) is 85.1 cm³/mol. The molecule has 0 aliphatic rings. The third-order valence-electron chi connectivity index (χ3n) is 2.87. The Hall–Kier alpha value is -1.72. The molecule has 0 saturated carbocycles. The summed E-state index contributed by atoms with van der Waals surface area (Å²) in [5.74, 6) is -0.272. The molecule has 0 spiro atoms. The number of benzene rings is 2. The molecule has 0 aliphatic carbocycles. The standard InChI is InChI=1S/C15H10BrFN2S/c16-10-3-6-13(17)12(7-10)15-19-14(8-20-15)9-1-4-11(18)5-2-9/h1-8H,18H2. The van der Waals surface area contributed by atoms with E-state index >= 15 is 0 Å². The van der Waals surface area contributed by atoms with Gasteiger partial charge in [-0.2, -0.15) is 0 Å². The molecule has 0 amide bonds. The molecule has 3 rings (SSSR count). The Morgan fingerprint density at radius 1 is 1.10 bits per heavy atom. The third kappa shape index (κ3) is 2.59. The molecule has 5 heteroatoms. The second-order valence-electron chi connectivity index (χ2n) is 4.28. The lowest BCUT2D eigenvalue weighted by atomic mass is 10.1. The molecule has 0 aliphatic heterocycles. The van der Waals surface area contributed by atoms with Gasteiger partial charge in [0.15, 0.2) is 0 Å². The molecule has 2 N–H and O–H groups in total. The van der Waals surface area contributed by atoms with Crippen molar-refractivity contribution in [3.63, 3.8) is 0 Å². The van der Waals surface area contributed by atoms with E-state index in [0.29, 0.717) is 16.3 Å². The average Bonchev–Trinajstić information content (AvgIpc) is 2.92. The summed E-state index contributed by atoms with van der Waals surface area (Å²) in [5, 5.41) is 2.58. The van der Waals surface area contributed by atoms with E-state index in [1.165, 1.54) is 17.4 Å². The first-order valence-corrected chi connectivity index (χ1v) is 7.57. The van der Waals surface area contributed by atoms with Crippen molar-refractivity contribution in [3.05, 3.63) is 58.1 Å². The topological polar surface area (TPSA) is 38.9 Å². The quantitative estimate of drug-likeness (QED) is 0.664. The number of rotatable bonds is 2. The molecular formula is C15H10BrFN2S. The summed E-state index contributed by atoms with van der Waals surface area (Å²) in [5.41, 5.74) is 8.67. The molecule has 1 heterocycles. The van der Waals surface area contributed by atoms with Gasteiger partial charge < -0.3 is 5.73 Å². The molecule has 0 fully saturated rings. The van der Waals surface area contributed by atoms with Gasteiger partial charge in [-0.1, -0.05) is 28.1 Å². The van der Waals surface area contributed by atoms with Crippen LogP contribution < -0.4 is 5.73 Å². The van der Waals surface area contributed by atoms with Gasteiger partial charge in [0.2, 0.25) is 0 Å². The second kappa shape index (κ2) is 5.34. The van der Waals surface area contributed by atoms with Crippen molar-refractivity contribution in [2.75, 3.05) is 5.73 Å². The summed E-state index contributed by atoms with van der Waals surface area (Å²) < 4.78 is 14.7. The molecule has 20 heavy (non-hydrogen) atoms. The van der Waals surface area contributed by atoms with Crippen LogP contribution in [-0.2, 0) is 0 Å². The molecule has 2 nitrogen and oxygen atoms in total. The van der Waals surface area contributed by atoms with Crippen molar-refractivity contribution >= 4 is 33.0 Å². The first kappa shape index (κ1) is 13.3. The minimum absolute atomic E-state index is 0.272. The number of nitrogen functional groups attached to an aromatic ring is 1. The van der Waals surface area contributed by atoms with Crippen LogP contribution >= 0.6 is 27.3 Å². The molecule has 2 aromatic carbocycles. The minimum Gasteiger partial charge on any atom is -0.399 e. The summed E-state index contributed by atoms with van der Waals surface area (Å²) in [6.45, 7) is 0. The Bertz CT molecular complexity index is 753. The molecule has 0 bridgehead atoms. The Morgan fingerprint density at radius 2 is 1.85 bits per heavy atom. The van der Waals surface area contributed by atoms with Crippen LogP contribution in [0.1, 0.15) is 0 Å². The molecular weight excluding hydrogens is 339 g/mol. The zero-order valence-electron chi connectivity index (χ0n) is 10.3. The van der Waals surface area contributed by atoms with Crippen LogP contribution in [0.4, 0.5) is 10.1 Å². The zero-order chi connectivity index (χ0) is 14.1. The van der Waals surface area contributed by atoms with E-state index in [0.717, 1.165) is 15.7 Å². The maximum Gasteiger partial charge on any atom is 0.133 e. The third-order valence-corrected chi connectivity index (χ3v) is 4.24. The number of hydrogen-bond donors (Lipinski definition) is 1. The first-order chi connectivity index (χ1) is 9.63. The van der Waals surface area contributed by atoms with Gasteiger partial charge in [-0.25, -0.2) is 9.37 Å². The monoisotopic (exact) mass is 348 g/mol. The van der Waals surface area contributed by atoms with Gasteiger partial charge in [0.1, 0.15) is 10.8 Å². The van der Waals surface area contributed by atoms with Crippen LogP contribution in [0.25, 0.3) is 21.8 Å². The molecule has 0 atom stereocenters. The minimum atomic E-state index is -0.272. The van der Waals surface area contributed by atoms with Gasteiger partial charge in [-0.15, -0.1) is 11.3 Å². The van der Waals surface area contributed by atoms with Gasteiger partial charge in [-0.05, 0) is 30.3 Å². The number of halogens is 2. The van der Waals surface area contributed by atoms with E-state index < -0.39 is 0 Å². The van der Waals surface area contributed by atoms with Crippen LogP contribution in [0.2, 0.25) is 0 Å². The highest BCUT2D eigenvalue weighted by atomic mass is 79.9. The number of nitrogens with two attached hydrogens (primary N) is 1. The Morgan fingerprint density at radius 3 is 2.60 bits per heavy atom. The summed E-state index contributed by atoms with van der Waals surface area (Å²) in [7, 11) is 0. The molecule has 0 saturated heterocycles. The van der Waals surface area contributed by atoms with Crippen molar-refractivity contribution in [1.82, 2.24) is 4.98 Å². The lowest BCUT2D eigenvalue weighted by Gasteiger charge is -2.00. The van der Waals surface area contributed by atoms with Crippen LogP contribution in [0.15, 0.2) is 52.3 Å². The highest BCUT2D eigenvalue weighted by Crippen LogP contribution is 2.32. The smallest absolute Gasteiger partial charge is 0.133 e. The highest BCUT2D eigenvalue weighted by molar-refractivity contribution is 9.10. The molecule has 1 aromatic heterocycles. The van der Waals surface area contributed by atoms with Crippen molar-refractivity contribution in [2.45, 2.75) is 0 Å². The number of hydrogen-bond acceptors (Lipinski definition) is 3. The number of nitrogens with zero attached hydrogens (tertiary/aromatic N) is 1. The maximum absolute atomic E-state index is 13.8. The van der Waals surface area contributed by atoms with Crippen molar-refractivity contribution in [2.24, 2.45) is 0 Å². The van der Waals surface area contributed by atoms with E-state index in [2.05, 4.69) is 20.9 Å². The van der Waals surface area contributed by atoms with Crippen LogP contribution in [0.5, 0.6) is 0 Å². The SMILES string of the molecule is Nc1ccc(-c2csc(-c3cc(Br)ccc3F)n2)cc1. The van der Waals surface area contributed by atoms with Crippen molar-refractivity contribution in [1.29, 1.82) is 0 Å². The summed E-state index contributed by atoms with van der Waals surface area (Å²) in [6, 6.07) is 12.3. The van der Waals surface area contributed by atoms with E-state index in [-0.39, 0.29) is 5.82 Å². The summed E-state index contributed by atoms with van der Waals surface area (Å²) >= 11 is 4.77. The van der Waals surface area contributed by atoms with Crippen LogP contribution in [0.3, 0.4) is 0 Å². The molecule has 100 valence electrons.